The fourth-order valence-corrected chi connectivity index (χ4v) is 2.78. The second-order valence-electron chi connectivity index (χ2n) is 5.10. The van der Waals surface area contributed by atoms with Crippen molar-refractivity contribution in [3.8, 4) is 0 Å². The fraction of sp³-hybridized carbons (Fsp3) is 0.167. The van der Waals surface area contributed by atoms with Gasteiger partial charge in [0, 0.05) is 17.9 Å². The predicted octanol–water partition coefficient (Wildman–Crippen LogP) is 4.57. The van der Waals surface area contributed by atoms with Crippen LogP contribution in [0.5, 0.6) is 0 Å². The average Bonchev–Trinajstić information content (AvgIpc) is 2.46. The molecule has 0 spiro atoms. The van der Waals surface area contributed by atoms with E-state index < -0.39 is 0 Å². The molecule has 0 aliphatic heterocycles. The summed E-state index contributed by atoms with van der Waals surface area (Å²) in [7, 11) is 0. The van der Waals surface area contributed by atoms with Gasteiger partial charge in [0.15, 0.2) is 0 Å². The molecule has 3 rings (SSSR count). The van der Waals surface area contributed by atoms with Crippen molar-refractivity contribution in [2.24, 2.45) is 0 Å². The molecule has 1 nitrogen and oxygen atoms in total. The Labute approximate surface area is 123 Å². The summed E-state index contributed by atoms with van der Waals surface area (Å²) in [5.74, 6) is 0.317. The number of hydrogen-bond donors (Lipinski definition) is 0. The van der Waals surface area contributed by atoms with E-state index in [1.54, 1.807) is 0 Å². The molecule has 0 saturated heterocycles. The number of halogens is 1. The van der Waals surface area contributed by atoms with Crippen LogP contribution < -0.4 is 0 Å². The Morgan fingerprint density at radius 3 is 2.55 bits per heavy atom. The van der Waals surface area contributed by atoms with Gasteiger partial charge in [-0.3, -0.25) is 4.79 Å². The third kappa shape index (κ3) is 2.83. The monoisotopic (exact) mass is 282 g/mol. The normalized spacial score (nSPS) is 14.6. The van der Waals surface area contributed by atoms with Gasteiger partial charge in [-0.05, 0) is 40.8 Å². The van der Waals surface area contributed by atoms with Gasteiger partial charge in [-0.25, -0.2) is 0 Å². The van der Waals surface area contributed by atoms with E-state index in [4.69, 9.17) is 11.6 Å². The van der Waals surface area contributed by atoms with Crippen molar-refractivity contribution in [2.75, 3.05) is 0 Å². The molecule has 2 aromatic carbocycles. The van der Waals surface area contributed by atoms with Gasteiger partial charge in [-0.2, -0.15) is 0 Å². The van der Waals surface area contributed by atoms with Gasteiger partial charge in [0.25, 0.3) is 0 Å². The molecule has 0 aromatic heterocycles. The molecule has 0 heterocycles. The molecule has 1 aliphatic rings. The summed E-state index contributed by atoms with van der Waals surface area (Å²) in [6, 6.07) is 14.2. The van der Waals surface area contributed by atoms with E-state index in [1.165, 1.54) is 5.56 Å². The first-order valence-electron chi connectivity index (χ1n) is 6.78. The van der Waals surface area contributed by atoms with Gasteiger partial charge >= 0.3 is 0 Å². The lowest BCUT2D eigenvalue weighted by Gasteiger charge is -2.16. The molecule has 2 heteroatoms. The quantitative estimate of drug-likeness (QED) is 0.738. The van der Waals surface area contributed by atoms with Crippen molar-refractivity contribution < 1.29 is 4.79 Å². The molecule has 0 N–H and O–H groups in total. The molecule has 0 amide bonds. The average molecular weight is 283 g/mol. The van der Waals surface area contributed by atoms with Crippen LogP contribution in [0.3, 0.4) is 0 Å². The van der Waals surface area contributed by atoms with E-state index in [2.05, 4.69) is 0 Å². The lowest BCUT2D eigenvalue weighted by molar-refractivity contribution is -0.118. The molecule has 0 saturated carbocycles. The van der Waals surface area contributed by atoms with Crippen LogP contribution in [0.4, 0.5) is 0 Å². The Bertz CT molecular complexity index is 671. The van der Waals surface area contributed by atoms with Gasteiger partial charge < -0.3 is 0 Å². The minimum Gasteiger partial charge on any atom is -0.299 e. The van der Waals surface area contributed by atoms with Gasteiger partial charge in [0.2, 0.25) is 0 Å². The highest BCUT2D eigenvalue weighted by molar-refractivity contribution is 6.32. The molecule has 0 fully saturated rings. The molecular formula is C18H15ClO. The van der Waals surface area contributed by atoms with E-state index >= 15 is 0 Å². The van der Waals surface area contributed by atoms with Crippen molar-refractivity contribution in [3.05, 3.63) is 69.7 Å². The Kier molecular flexibility index (Phi) is 3.70. The van der Waals surface area contributed by atoms with E-state index in [9.17, 15) is 4.79 Å². The van der Waals surface area contributed by atoms with Crippen molar-refractivity contribution >= 4 is 29.5 Å². The number of hydrogen-bond acceptors (Lipinski definition) is 1. The van der Waals surface area contributed by atoms with Crippen molar-refractivity contribution in [2.45, 2.75) is 19.3 Å². The number of benzene rings is 2. The smallest absolute Gasteiger partial charge is 0.137 e. The fourth-order valence-electron chi connectivity index (χ4n) is 2.53. The predicted molar refractivity (Wildman–Crippen MR) is 83.9 cm³/mol. The Hall–Kier alpha value is -1.86. The zero-order chi connectivity index (χ0) is 13.9. The summed E-state index contributed by atoms with van der Waals surface area (Å²) in [4.78, 5) is 11.6. The van der Waals surface area contributed by atoms with Crippen LogP contribution in [0, 0.1) is 0 Å². The first-order valence-corrected chi connectivity index (χ1v) is 7.16. The summed E-state index contributed by atoms with van der Waals surface area (Å²) in [5.41, 5.74) is 4.45. The second kappa shape index (κ2) is 5.64. The van der Waals surface area contributed by atoms with Crippen molar-refractivity contribution in [3.63, 3.8) is 0 Å². The molecule has 0 radical (unpaired) electrons. The first-order chi connectivity index (χ1) is 9.72. The molecule has 2 aromatic rings. The van der Waals surface area contributed by atoms with Crippen LogP contribution in [-0.2, 0) is 17.6 Å². The molecular weight excluding hydrogens is 268 g/mol. The number of Topliss-reactive ketones (excluding diaryl/α,β-unsaturated/α-hetero) is 1. The number of fused-ring (bicyclic) bond motifs is 1. The highest BCUT2D eigenvalue weighted by Crippen LogP contribution is 2.27. The van der Waals surface area contributed by atoms with Crippen LogP contribution in [0.25, 0.3) is 12.2 Å². The first kappa shape index (κ1) is 13.1. The van der Waals surface area contributed by atoms with E-state index in [1.807, 2.05) is 54.6 Å². The van der Waals surface area contributed by atoms with Crippen LogP contribution in [0.2, 0.25) is 5.02 Å². The topological polar surface area (TPSA) is 17.1 Å². The lowest BCUT2D eigenvalue weighted by Crippen LogP contribution is -2.13. The molecule has 0 unspecified atom stereocenters. The summed E-state index contributed by atoms with van der Waals surface area (Å²) in [6.07, 6.45) is 6.05. The number of rotatable bonds is 2. The minimum atomic E-state index is 0.317. The summed E-state index contributed by atoms with van der Waals surface area (Å²) in [5, 5.41) is 0.755. The molecule has 0 atom stereocenters. The summed E-state index contributed by atoms with van der Waals surface area (Å²) < 4.78 is 0. The van der Waals surface area contributed by atoms with E-state index in [-0.39, 0.29) is 0 Å². The van der Waals surface area contributed by atoms with Crippen molar-refractivity contribution in [1.82, 2.24) is 0 Å². The van der Waals surface area contributed by atoms with Crippen LogP contribution in [0.15, 0.2) is 42.5 Å². The van der Waals surface area contributed by atoms with Gasteiger partial charge in [0.05, 0.1) is 0 Å². The lowest BCUT2D eigenvalue weighted by atomic mass is 9.89. The van der Waals surface area contributed by atoms with Crippen molar-refractivity contribution in [1.29, 1.82) is 0 Å². The molecule has 1 aliphatic carbocycles. The highest BCUT2D eigenvalue weighted by atomic mass is 35.5. The maximum atomic E-state index is 11.6. The van der Waals surface area contributed by atoms with Gasteiger partial charge in [-0.1, -0.05) is 54.1 Å². The zero-order valence-corrected chi connectivity index (χ0v) is 11.9. The Morgan fingerprint density at radius 2 is 1.75 bits per heavy atom. The zero-order valence-electron chi connectivity index (χ0n) is 11.1. The third-order valence-electron chi connectivity index (χ3n) is 3.63. The van der Waals surface area contributed by atoms with Gasteiger partial charge in [0.1, 0.15) is 5.78 Å². The second-order valence-corrected chi connectivity index (χ2v) is 5.51. The third-order valence-corrected chi connectivity index (χ3v) is 3.96. The largest absolute Gasteiger partial charge is 0.299 e. The summed E-state index contributed by atoms with van der Waals surface area (Å²) in [6.45, 7) is 0. The minimum absolute atomic E-state index is 0.317. The van der Waals surface area contributed by atoms with Gasteiger partial charge in [-0.15, -0.1) is 0 Å². The highest BCUT2D eigenvalue weighted by Gasteiger charge is 2.16. The maximum Gasteiger partial charge on any atom is 0.137 e. The standard InChI is InChI=1S/C18H15ClO/c19-18-12-14-8-9-17(20)11-16(14)10-15(18)7-6-13-4-2-1-3-5-13/h1-7,10,12H,8-9,11H2/b7-6+. The number of carbonyl (C=O) groups excluding carboxylic acids is 1. The Balaban J connectivity index is 1.92. The van der Waals surface area contributed by atoms with Crippen LogP contribution >= 0.6 is 11.6 Å². The molecule has 0 bridgehead atoms. The number of aryl methyl sites for hydroxylation is 1. The number of carbonyl (C=O) groups is 1. The van der Waals surface area contributed by atoms with Crippen LogP contribution in [-0.4, -0.2) is 5.78 Å². The number of ketones is 1. The Morgan fingerprint density at radius 1 is 0.950 bits per heavy atom. The molecule has 100 valence electrons. The SMILES string of the molecule is O=C1CCc2cc(Cl)c(/C=C/c3ccccc3)cc2C1. The molecule has 20 heavy (non-hydrogen) atoms. The maximum absolute atomic E-state index is 11.6. The summed E-state index contributed by atoms with van der Waals surface area (Å²) >= 11 is 6.33. The van der Waals surface area contributed by atoms with E-state index in [0.717, 1.165) is 28.1 Å². The van der Waals surface area contributed by atoms with E-state index in [0.29, 0.717) is 18.6 Å². The van der Waals surface area contributed by atoms with Crippen LogP contribution in [0.1, 0.15) is 28.7 Å².